The Bertz CT molecular complexity index is 2000. The molecule has 6 rings (SSSR count). The van der Waals surface area contributed by atoms with Gasteiger partial charge in [0.2, 0.25) is 23.6 Å². The summed E-state index contributed by atoms with van der Waals surface area (Å²) in [6, 6.07) is 17.7. The van der Waals surface area contributed by atoms with Gasteiger partial charge in [0.1, 0.15) is 30.0 Å². The Morgan fingerprint density at radius 3 is 1.33 bits per heavy atom. The number of carbonyl (C=O) groups is 6. The molecule has 3 aromatic carbocycles. The van der Waals surface area contributed by atoms with Crippen LogP contribution in [0.5, 0.6) is 0 Å². The highest BCUT2D eigenvalue weighted by atomic mass is 19.1. The highest BCUT2D eigenvalue weighted by Gasteiger charge is 2.42. The van der Waals surface area contributed by atoms with Crippen LogP contribution in [-0.2, 0) is 38.1 Å². The van der Waals surface area contributed by atoms with Gasteiger partial charge in [-0.05, 0) is 112 Å². The molecule has 3 heterocycles. The predicted molar refractivity (Wildman–Crippen MR) is 235 cm³/mol. The second-order valence-corrected chi connectivity index (χ2v) is 16.2. The lowest BCUT2D eigenvalue weighted by Crippen LogP contribution is -2.56. The van der Waals surface area contributed by atoms with E-state index in [0.717, 1.165) is 29.7 Å². The zero-order chi connectivity index (χ0) is 46.1. The molecule has 18 heteroatoms. The zero-order valence-electron chi connectivity index (χ0n) is 37.0. The second kappa shape index (κ2) is 21.4. The monoisotopic (exact) mass is 887 g/mol. The Morgan fingerprint density at radius 1 is 0.578 bits per heavy atom. The van der Waals surface area contributed by atoms with E-state index in [-0.39, 0.29) is 29.7 Å². The van der Waals surface area contributed by atoms with Crippen LogP contribution in [0.3, 0.4) is 0 Å². The molecule has 0 spiro atoms. The van der Waals surface area contributed by atoms with Crippen molar-refractivity contribution in [3.05, 3.63) is 89.7 Å². The molecular formula is C46H58FN7O10. The quantitative estimate of drug-likeness (QED) is 0.155. The van der Waals surface area contributed by atoms with E-state index in [1.54, 1.807) is 26.0 Å². The molecule has 3 fully saturated rings. The fraction of sp³-hybridized carbons (Fsp3) is 0.478. The Kier molecular flexibility index (Phi) is 15.8. The topological polar surface area (TPSA) is 197 Å². The maximum absolute atomic E-state index is 14.2. The number of ether oxygens (including phenoxy) is 4. The molecule has 17 nitrogen and oxygen atoms in total. The van der Waals surface area contributed by atoms with Crippen molar-refractivity contribution in [3.8, 4) is 0 Å². The van der Waals surface area contributed by atoms with Crippen molar-refractivity contribution in [1.29, 1.82) is 0 Å². The van der Waals surface area contributed by atoms with E-state index >= 15 is 0 Å². The van der Waals surface area contributed by atoms with Crippen molar-refractivity contribution in [3.63, 3.8) is 0 Å². The van der Waals surface area contributed by atoms with E-state index in [2.05, 4.69) is 26.2 Å². The van der Waals surface area contributed by atoms with Crippen molar-refractivity contribution < 1.29 is 52.1 Å². The first-order valence-electron chi connectivity index (χ1n) is 21.5. The standard InChI is InChI=1S/C46H58FN7O10/c1-27(61-3)39(50-45(59)63-5)43(57)52-25-7-9-37(52)41(55)48-32-17-11-29(12-18-32)35-23-24-36(54(35)34-21-15-31(47)16-22-34)30-13-19-33(20-14-30)49-42(56)38-10-8-26-53(38)44(58)40(28(2)62-4)51-46(60)64-6/h11-22,27-28,35-40H,7-10,23-26H2,1-6H3,(H,48,55)(H,49,56)(H,50,59)(H,51,60)/t27?,28?,35-,36-,37-,38-,39-,40-/m0/s1. The minimum Gasteiger partial charge on any atom is -0.453 e. The van der Waals surface area contributed by atoms with Crippen molar-refractivity contribution in [1.82, 2.24) is 20.4 Å². The Hall–Kier alpha value is -6.27. The molecule has 6 amide bonds. The van der Waals surface area contributed by atoms with Crippen LogP contribution >= 0.6 is 0 Å². The number of hydrogen-bond acceptors (Lipinski definition) is 11. The predicted octanol–water partition coefficient (Wildman–Crippen LogP) is 5.29. The number of nitrogens with one attached hydrogen (secondary N) is 4. The summed E-state index contributed by atoms with van der Waals surface area (Å²) in [5, 5.41) is 11.0. The third-order valence-electron chi connectivity index (χ3n) is 12.4. The summed E-state index contributed by atoms with van der Waals surface area (Å²) < 4.78 is 34.3. The summed E-state index contributed by atoms with van der Waals surface area (Å²) in [5.74, 6) is -1.92. The number of carbonyl (C=O) groups excluding carboxylic acids is 6. The van der Waals surface area contributed by atoms with Crippen LogP contribution in [0.25, 0.3) is 0 Å². The van der Waals surface area contributed by atoms with E-state index in [1.807, 2.05) is 48.5 Å². The summed E-state index contributed by atoms with van der Waals surface area (Å²) in [4.78, 5) is 83.7. The maximum atomic E-state index is 14.2. The Labute approximate surface area is 372 Å². The van der Waals surface area contributed by atoms with E-state index in [9.17, 15) is 33.2 Å². The third kappa shape index (κ3) is 10.7. The largest absolute Gasteiger partial charge is 0.453 e. The minimum absolute atomic E-state index is 0.103. The molecule has 3 aliphatic heterocycles. The Balaban J connectivity index is 1.14. The summed E-state index contributed by atoms with van der Waals surface area (Å²) in [7, 11) is 5.27. The van der Waals surface area contributed by atoms with Crippen molar-refractivity contribution >= 4 is 52.9 Å². The van der Waals surface area contributed by atoms with Crippen LogP contribution in [0.1, 0.15) is 75.6 Å². The molecule has 344 valence electrons. The van der Waals surface area contributed by atoms with Gasteiger partial charge < -0.3 is 54.9 Å². The fourth-order valence-corrected chi connectivity index (χ4v) is 8.83. The molecule has 0 aromatic heterocycles. The number of halogens is 1. The molecule has 0 bridgehead atoms. The van der Waals surface area contributed by atoms with Gasteiger partial charge in [0, 0.05) is 44.4 Å². The molecular weight excluding hydrogens is 830 g/mol. The van der Waals surface area contributed by atoms with Gasteiger partial charge in [0.05, 0.1) is 38.5 Å². The molecule has 3 aliphatic rings. The summed E-state index contributed by atoms with van der Waals surface area (Å²) in [6.45, 7) is 4.00. The molecule has 2 unspecified atom stereocenters. The van der Waals surface area contributed by atoms with Gasteiger partial charge in [-0.3, -0.25) is 19.2 Å². The van der Waals surface area contributed by atoms with Gasteiger partial charge in [-0.1, -0.05) is 24.3 Å². The van der Waals surface area contributed by atoms with E-state index < -0.39 is 60.4 Å². The highest BCUT2D eigenvalue weighted by Crippen LogP contribution is 2.47. The number of rotatable bonds is 15. The van der Waals surface area contributed by atoms with Gasteiger partial charge in [-0.25, -0.2) is 14.0 Å². The molecule has 0 aliphatic carbocycles. The molecule has 0 radical (unpaired) electrons. The van der Waals surface area contributed by atoms with Crippen LogP contribution in [0, 0.1) is 5.82 Å². The first-order chi connectivity index (χ1) is 30.8. The van der Waals surface area contributed by atoms with E-state index in [0.29, 0.717) is 50.1 Å². The molecule has 4 N–H and O–H groups in total. The van der Waals surface area contributed by atoms with Crippen molar-refractivity contribution in [2.45, 2.75) is 101 Å². The number of alkyl carbamates (subject to hydrolysis) is 2. The molecule has 0 saturated carbocycles. The number of amides is 6. The van der Waals surface area contributed by atoms with E-state index in [1.165, 1.54) is 50.4 Å². The van der Waals surface area contributed by atoms with E-state index in [4.69, 9.17) is 18.9 Å². The first kappa shape index (κ1) is 47.2. The molecule has 64 heavy (non-hydrogen) atoms. The number of benzene rings is 3. The van der Waals surface area contributed by atoms with Crippen molar-refractivity contribution in [2.75, 3.05) is 57.1 Å². The lowest BCUT2D eigenvalue weighted by Gasteiger charge is -2.33. The van der Waals surface area contributed by atoms with Crippen LogP contribution in [0.4, 0.5) is 31.0 Å². The number of methoxy groups -OCH3 is 4. The summed E-state index contributed by atoms with van der Waals surface area (Å²) in [5.41, 5.74) is 3.89. The number of anilines is 3. The van der Waals surface area contributed by atoms with Crippen LogP contribution in [0.2, 0.25) is 0 Å². The van der Waals surface area contributed by atoms with Crippen LogP contribution in [0.15, 0.2) is 72.8 Å². The first-order valence-corrected chi connectivity index (χ1v) is 21.5. The average Bonchev–Trinajstić information content (AvgIpc) is 4.11. The van der Waals surface area contributed by atoms with Gasteiger partial charge in [-0.2, -0.15) is 0 Å². The van der Waals surface area contributed by atoms with Crippen LogP contribution < -0.4 is 26.2 Å². The lowest BCUT2D eigenvalue weighted by atomic mass is 10.0. The zero-order valence-corrected chi connectivity index (χ0v) is 37.0. The highest BCUT2D eigenvalue weighted by molar-refractivity contribution is 6.00. The third-order valence-corrected chi connectivity index (χ3v) is 12.4. The van der Waals surface area contributed by atoms with Crippen LogP contribution in [-0.4, -0.2) is 124 Å². The van der Waals surface area contributed by atoms with Gasteiger partial charge in [0.25, 0.3) is 0 Å². The lowest BCUT2D eigenvalue weighted by molar-refractivity contribution is -0.141. The molecule has 8 atom stereocenters. The van der Waals surface area contributed by atoms with Gasteiger partial charge in [0.15, 0.2) is 0 Å². The summed E-state index contributed by atoms with van der Waals surface area (Å²) in [6.07, 6.45) is 0.785. The SMILES string of the molecule is COC(=O)N[C@H](C(=O)N1CCC[C@H]1C(=O)Nc1ccc([C@@H]2CC[C@@H](c3ccc(NC(=O)[C@@H]4CCCN4C(=O)[C@@H](NC(=O)OC)C(C)OC)cc3)N2c2ccc(F)cc2)cc1)C(C)OC. The minimum atomic E-state index is -1.04. The van der Waals surface area contributed by atoms with Gasteiger partial charge >= 0.3 is 12.2 Å². The summed E-state index contributed by atoms with van der Waals surface area (Å²) >= 11 is 0. The Morgan fingerprint density at radius 2 is 0.969 bits per heavy atom. The maximum Gasteiger partial charge on any atom is 0.407 e. The smallest absolute Gasteiger partial charge is 0.407 e. The number of likely N-dealkylation sites (tertiary alicyclic amines) is 2. The van der Waals surface area contributed by atoms with Crippen molar-refractivity contribution in [2.24, 2.45) is 0 Å². The van der Waals surface area contributed by atoms with Gasteiger partial charge in [-0.15, -0.1) is 0 Å². The second-order valence-electron chi connectivity index (χ2n) is 16.2. The molecule has 3 aromatic rings. The number of nitrogens with zero attached hydrogens (tertiary/aromatic N) is 3. The fourth-order valence-electron chi connectivity index (χ4n) is 8.83. The molecule has 3 saturated heterocycles. The normalized spacial score (nSPS) is 21.3. The average molecular weight is 888 g/mol. The number of hydrogen-bond donors (Lipinski definition) is 4.